The van der Waals surface area contributed by atoms with Crippen molar-refractivity contribution in [2.45, 2.75) is 26.8 Å². The van der Waals surface area contributed by atoms with Crippen molar-refractivity contribution in [3.8, 4) is 0 Å². The smallest absolute Gasteiger partial charge is 0.161 e. The molecular formula is C13H14BrNO. The topological polar surface area (TPSA) is 22.0 Å². The fraction of sp³-hybridized carbons (Fsp3) is 0.308. The zero-order chi connectivity index (χ0) is 11.9. The number of carbonyl (C=O) groups is 1. The summed E-state index contributed by atoms with van der Waals surface area (Å²) in [6.45, 7) is 5.84. The number of carbonyl (C=O) groups excluding carboxylic acids is 1. The number of aromatic nitrogens is 1. The van der Waals surface area contributed by atoms with Gasteiger partial charge in [0.25, 0.3) is 0 Å². The molecule has 0 aliphatic rings. The number of ketones is 1. The Bertz CT molecular complexity index is 554. The summed E-state index contributed by atoms with van der Waals surface area (Å²) >= 11 is 3.46. The molecule has 0 N–H and O–H groups in total. The van der Waals surface area contributed by atoms with E-state index in [4.69, 9.17) is 0 Å². The van der Waals surface area contributed by atoms with Crippen LogP contribution < -0.4 is 0 Å². The van der Waals surface area contributed by atoms with Gasteiger partial charge in [0.1, 0.15) is 0 Å². The number of Topliss-reactive ketones (excluding diaryl/α,β-unsaturated/α-hetero) is 1. The van der Waals surface area contributed by atoms with Crippen molar-refractivity contribution in [3.63, 3.8) is 0 Å². The minimum atomic E-state index is 0.117. The second-order valence-electron chi connectivity index (χ2n) is 4.26. The molecule has 0 amide bonds. The molecule has 16 heavy (non-hydrogen) atoms. The maximum absolute atomic E-state index is 11.6. The van der Waals surface area contributed by atoms with Crippen LogP contribution in [0, 0.1) is 0 Å². The second-order valence-corrected chi connectivity index (χ2v) is 5.18. The lowest BCUT2D eigenvalue weighted by Gasteiger charge is -2.08. The Morgan fingerprint density at radius 1 is 1.38 bits per heavy atom. The molecule has 0 fully saturated rings. The molecule has 0 bridgehead atoms. The summed E-state index contributed by atoms with van der Waals surface area (Å²) in [7, 11) is 0. The van der Waals surface area contributed by atoms with E-state index in [0.29, 0.717) is 6.04 Å². The third-order valence-corrected chi connectivity index (χ3v) is 3.23. The molecule has 0 aliphatic heterocycles. The quantitative estimate of drug-likeness (QED) is 0.756. The van der Waals surface area contributed by atoms with E-state index in [0.717, 1.165) is 20.9 Å². The first-order valence-electron chi connectivity index (χ1n) is 5.31. The molecule has 0 saturated heterocycles. The van der Waals surface area contributed by atoms with Gasteiger partial charge in [0.05, 0.1) is 5.52 Å². The van der Waals surface area contributed by atoms with Crippen molar-refractivity contribution < 1.29 is 4.79 Å². The number of halogens is 1. The van der Waals surface area contributed by atoms with Crippen LogP contribution in [0.15, 0.2) is 28.9 Å². The van der Waals surface area contributed by atoms with Crippen molar-refractivity contribution in [1.82, 2.24) is 4.57 Å². The Morgan fingerprint density at radius 3 is 2.62 bits per heavy atom. The minimum absolute atomic E-state index is 0.117. The number of rotatable bonds is 2. The Balaban J connectivity index is 2.81. The van der Waals surface area contributed by atoms with Crippen molar-refractivity contribution in [1.29, 1.82) is 0 Å². The second kappa shape index (κ2) is 4.06. The highest BCUT2D eigenvalue weighted by molar-refractivity contribution is 9.10. The van der Waals surface area contributed by atoms with Crippen LogP contribution in [-0.2, 0) is 0 Å². The van der Waals surface area contributed by atoms with E-state index >= 15 is 0 Å². The van der Waals surface area contributed by atoms with Gasteiger partial charge < -0.3 is 4.57 Å². The molecule has 0 radical (unpaired) electrons. The lowest BCUT2D eigenvalue weighted by Crippen LogP contribution is -1.98. The number of hydrogen-bond acceptors (Lipinski definition) is 1. The van der Waals surface area contributed by atoms with Gasteiger partial charge in [-0.1, -0.05) is 22.0 Å². The summed E-state index contributed by atoms with van der Waals surface area (Å²) in [5, 5.41) is 1.03. The molecule has 0 spiro atoms. The third-order valence-electron chi connectivity index (χ3n) is 2.73. The van der Waals surface area contributed by atoms with Crippen LogP contribution in [0.1, 0.15) is 37.2 Å². The van der Waals surface area contributed by atoms with Gasteiger partial charge in [0.15, 0.2) is 5.78 Å². The van der Waals surface area contributed by atoms with Gasteiger partial charge in [-0.3, -0.25) is 4.79 Å². The molecule has 0 atom stereocenters. The fourth-order valence-corrected chi connectivity index (χ4v) is 2.28. The van der Waals surface area contributed by atoms with Crippen molar-refractivity contribution in [2.75, 3.05) is 0 Å². The van der Waals surface area contributed by atoms with Gasteiger partial charge in [-0.15, -0.1) is 0 Å². The summed E-state index contributed by atoms with van der Waals surface area (Å²) < 4.78 is 3.17. The minimum Gasteiger partial charge on any atom is -0.344 e. The molecular weight excluding hydrogens is 266 g/mol. The standard InChI is InChI=1S/C13H14BrNO/c1-8(2)15-7-12(9(3)16)11-5-4-10(14)6-13(11)15/h4-8H,1-3H3. The highest BCUT2D eigenvalue weighted by Gasteiger charge is 2.13. The van der Waals surface area contributed by atoms with Crippen LogP contribution in [0.25, 0.3) is 10.9 Å². The van der Waals surface area contributed by atoms with Crippen LogP contribution in [0.4, 0.5) is 0 Å². The third kappa shape index (κ3) is 1.80. The highest BCUT2D eigenvalue weighted by atomic mass is 79.9. The van der Waals surface area contributed by atoms with Crippen LogP contribution in [0.5, 0.6) is 0 Å². The van der Waals surface area contributed by atoms with E-state index in [1.807, 2.05) is 18.3 Å². The lowest BCUT2D eigenvalue weighted by atomic mass is 10.1. The molecule has 2 aromatic rings. The molecule has 0 saturated carbocycles. The van der Waals surface area contributed by atoms with E-state index in [9.17, 15) is 4.79 Å². The number of benzene rings is 1. The predicted octanol–water partition coefficient (Wildman–Crippen LogP) is 4.19. The zero-order valence-electron chi connectivity index (χ0n) is 9.62. The predicted molar refractivity (Wildman–Crippen MR) is 70.0 cm³/mol. The molecule has 2 rings (SSSR count). The normalized spacial score (nSPS) is 11.3. The molecule has 1 aromatic heterocycles. The maximum Gasteiger partial charge on any atom is 0.161 e. The van der Waals surface area contributed by atoms with E-state index in [-0.39, 0.29) is 5.78 Å². The van der Waals surface area contributed by atoms with Gasteiger partial charge >= 0.3 is 0 Å². The number of fused-ring (bicyclic) bond motifs is 1. The first-order chi connectivity index (χ1) is 7.50. The highest BCUT2D eigenvalue weighted by Crippen LogP contribution is 2.27. The average Bonchev–Trinajstić information content (AvgIpc) is 2.56. The maximum atomic E-state index is 11.6. The van der Waals surface area contributed by atoms with E-state index in [2.05, 4.69) is 40.4 Å². The molecule has 0 aliphatic carbocycles. The van der Waals surface area contributed by atoms with Crippen LogP contribution in [-0.4, -0.2) is 10.4 Å². The molecule has 84 valence electrons. The average molecular weight is 280 g/mol. The van der Waals surface area contributed by atoms with Crippen molar-refractivity contribution in [2.24, 2.45) is 0 Å². The van der Waals surface area contributed by atoms with Crippen molar-refractivity contribution >= 4 is 32.6 Å². The first-order valence-corrected chi connectivity index (χ1v) is 6.11. The Morgan fingerprint density at radius 2 is 2.06 bits per heavy atom. The van der Waals surface area contributed by atoms with Gasteiger partial charge in [-0.2, -0.15) is 0 Å². The Hall–Kier alpha value is -1.09. The largest absolute Gasteiger partial charge is 0.344 e. The van der Waals surface area contributed by atoms with Crippen LogP contribution >= 0.6 is 15.9 Å². The molecule has 2 nitrogen and oxygen atoms in total. The van der Waals surface area contributed by atoms with Gasteiger partial charge in [-0.25, -0.2) is 0 Å². The van der Waals surface area contributed by atoms with Crippen molar-refractivity contribution in [3.05, 3.63) is 34.4 Å². The van der Waals surface area contributed by atoms with E-state index < -0.39 is 0 Å². The number of nitrogens with zero attached hydrogens (tertiary/aromatic N) is 1. The molecule has 1 heterocycles. The first kappa shape index (κ1) is 11.4. The van der Waals surface area contributed by atoms with Crippen LogP contribution in [0.3, 0.4) is 0 Å². The number of hydrogen-bond donors (Lipinski definition) is 0. The molecule has 3 heteroatoms. The SMILES string of the molecule is CC(=O)c1cn(C(C)C)c2cc(Br)ccc12. The Labute approximate surface area is 103 Å². The zero-order valence-corrected chi connectivity index (χ0v) is 11.2. The summed E-state index contributed by atoms with van der Waals surface area (Å²) in [5.41, 5.74) is 1.91. The Kier molecular flexibility index (Phi) is 2.89. The fourth-order valence-electron chi connectivity index (χ4n) is 1.93. The molecule has 1 aromatic carbocycles. The summed E-state index contributed by atoms with van der Waals surface area (Å²) in [5.74, 6) is 0.117. The van der Waals surface area contributed by atoms with Gasteiger partial charge in [0.2, 0.25) is 0 Å². The van der Waals surface area contributed by atoms with E-state index in [1.165, 1.54) is 0 Å². The lowest BCUT2D eigenvalue weighted by molar-refractivity contribution is 0.101. The molecule has 0 unspecified atom stereocenters. The van der Waals surface area contributed by atoms with Gasteiger partial charge in [0, 0.05) is 27.7 Å². The summed E-state index contributed by atoms with van der Waals surface area (Å²) in [4.78, 5) is 11.6. The monoisotopic (exact) mass is 279 g/mol. The van der Waals surface area contributed by atoms with E-state index in [1.54, 1.807) is 6.92 Å². The van der Waals surface area contributed by atoms with Crippen LogP contribution in [0.2, 0.25) is 0 Å². The summed E-state index contributed by atoms with van der Waals surface area (Å²) in [6, 6.07) is 6.38. The van der Waals surface area contributed by atoms with Gasteiger partial charge in [-0.05, 0) is 32.9 Å². The summed E-state index contributed by atoms with van der Waals surface area (Å²) in [6.07, 6.45) is 1.95.